The van der Waals surface area contributed by atoms with E-state index in [4.69, 9.17) is 10.5 Å². The van der Waals surface area contributed by atoms with Crippen LogP contribution >= 0.6 is 0 Å². The maximum Gasteiger partial charge on any atom is 0.0641 e. The maximum atomic E-state index is 6.11. The van der Waals surface area contributed by atoms with Crippen molar-refractivity contribution in [1.29, 1.82) is 0 Å². The fraction of sp³-hybridized carbons (Fsp3) is 0.600. The average molecular weight is 248 g/mol. The van der Waals surface area contributed by atoms with Crippen molar-refractivity contribution in [2.24, 2.45) is 5.73 Å². The zero-order valence-corrected chi connectivity index (χ0v) is 11.3. The molecular formula is C15H24N2O. The predicted octanol–water partition coefficient (Wildman–Crippen LogP) is 2.19. The van der Waals surface area contributed by atoms with Crippen LogP contribution in [0.25, 0.3) is 0 Å². The van der Waals surface area contributed by atoms with Gasteiger partial charge in [0.25, 0.3) is 0 Å². The Kier molecular flexibility index (Phi) is 5.02. The minimum absolute atomic E-state index is 0.246. The molecule has 1 aliphatic rings. The van der Waals surface area contributed by atoms with Crippen LogP contribution in [0.4, 0.5) is 5.69 Å². The first-order chi connectivity index (χ1) is 8.81. The van der Waals surface area contributed by atoms with Crippen molar-refractivity contribution in [3.8, 4) is 0 Å². The van der Waals surface area contributed by atoms with Crippen LogP contribution in [0.2, 0.25) is 0 Å². The van der Waals surface area contributed by atoms with Crippen LogP contribution < -0.4 is 10.6 Å². The van der Waals surface area contributed by atoms with E-state index in [-0.39, 0.29) is 6.04 Å². The van der Waals surface area contributed by atoms with Crippen LogP contribution in [0.3, 0.4) is 0 Å². The van der Waals surface area contributed by atoms with Crippen molar-refractivity contribution < 1.29 is 4.74 Å². The van der Waals surface area contributed by atoms with Crippen LogP contribution in [-0.4, -0.2) is 32.3 Å². The van der Waals surface area contributed by atoms with Gasteiger partial charge in [-0.2, -0.15) is 0 Å². The Hall–Kier alpha value is -1.06. The molecule has 0 saturated heterocycles. The van der Waals surface area contributed by atoms with E-state index in [9.17, 15) is 0 Å². The lowest BCUT2D eigenvalue weighted by molar-refractivity contribution is 0.136. The van der Waals surface area contributed by atoms with Gasteiger partial charge >= 0.3 is 0 Å². The van der Waals surface area contributed by atoms with E-state index in [0.29, 0.717) is 0 Å². The van der Waals surface area contributed by atoms with Crippen molar-refractivity contribution in [2.75, 3.05) is 31.2 Å². The first kappa shape index (κ1) is 13.4. The predicted molar refractivity (Wildman–Crippen MR) is 76.1 cm³/mol. The van der Waals surface area contributed by atoms with Gasteiger partial charge in [-0.3, -0.25) is 0 Å². The highest BCUT2D eigenvalue weighted by molar-refractivity contribution is 5.56. The Balaban J connectivity index is 1.88. The van der Waals surface area contributed by atoms with Crippen LogP contribution in [0.5, 0.6) is 0 Å². The Labute approximate surface area is 110 Å². The molecule has 1 aromatic carbocycles. The number of fused-ring (bicyclic) bond motifs is 1. The van der Waals surface area contributed by atoms with Gasteiger partial charge in [-0.25, -0.2) is 0 Å². The summed E-state index contributed by atoms with van der Waals surface area (Å²) in [6, 6.07) is 8.80. The number of rotatable bonds is 6. The van der Waals surface area contributed by atoms with Crippen molar-refractivity contribution in [3.63, 3.8) is 0 Å². The smallest absolute Gasteiger partial charge is 0.0641 e. The Bertz CT molecular complexity index is 367. The summed E-state index contributed by atoms with van der Waals surface area (Å²) in [6.07, 6.45) is 3.33. The molecule has 18 heavy (non-hydrogen) atoms. The molecular weight excluding hydrogens is 224 g/mol. The Morgan fingerprint density at radius 3 is 3.00 bits per heavy atom. The SMILES string of the molecule is CCCCOCCN1CC(N)Cc2ccccc21. The number of nitrogens with two attached hydrogens (primary N) is 1. The molecule has 0 bridgehead atoms. The standard InChI is InChI=1S/C15H24N2O/c1-2-3-9-18-10-8-17-12-14(16)11-13-6-4-5-7-15(13)17/h4-7,14H,2-3,8-12,16H2,1H3. The van der Waals surface area contributed by atoms with Gasteiger partial charge in [-0.1, -0.05) is 31.5 Å². The minimum Gasteiger partial charge on any atom is -0.380 e. The average Bonchev–Trinajstić information content (AvgIpc) is 2.38. The fourth-order valence-electron chi connectivity index (χ4n) is 2.46. The molecule has 100 valence electrons. The number of unbranched alkanes of at least 4 members (excludes halogenated alkanes) is 1. The molecule has 1 aliphatic heterocycles. The summed E-state index contributed by atoms with van der Waals surface area (Å²) in [6.45, 7) is 5.73. The topological polar surface area (TPSA) is 38.5 Å². The van der Waals surface area contributed by atoms with Crippen LogP contribution in [0.1, 0.15) is 25.3 Å². The van der Waals surface area contributed by atoms with Gasteiger partial charge in [0.1, 0.15) is 0 Å². The van der Waals surface area contributed by atoms with Crippen LogP contribution in [-0.2, 0) is 11.2 Å². The first-order valence-corrected chi connectivity index (χ1v) is 6.97. The molecule has 2 N–H and O–H groups in total. The molecule has 0 aliphatic carbocycles. The number of nitrogens with zero attached hydrogens (tertiary/aromatic N) is 1. The number of benzene rings is 1. The summed E-state index contributed by atoms with van der Waals surface area (Å²) in [4.78, 5) is 2.36. The van der Waals surface area contributed by atoms with Gasteiger partial charge in [-0.05, 0) is 24.5 Å². The van der Waals surface area contributed by atoms with Gasteiger partial charge in [0.2, 0.25) is 0 Å². The van der Waals surface area contributed by atoms with E-state index >= 15 is 0 Å². The normalized spacial score (nSPS) is 18.8. The molecule has 1 atom stereocenters. The van der Waals surface area contributed by atoms with E-state index in [0.717, 1.165) is 39.1 Å². The molecule has 1 heterocycles. The second-order valence-corrected chi connectivity index (χ2v) is 5.00. The molecule has 3 nitrogen and oxygen atoms in total. The van der Waals surface area contributed by atoms with Crippen molar-refractivity contribution in [1.82, 2.24) is 0 Å². The number of hydrogen-bond donors (Lipinski definition) is 1. The zero-order valence-electron chi connectivity index (χ0n) is 11.3. The quantitative estimate of drug-likeness (QED) is 0.784. The third-order valence-corrected chi connectivity index (χ3v) is 3.42. The summed E-state index contributed by atoms with van der Waals surface area (Å²) in [5, 5.41) is 0. The summed E-state index contributed by atoms with van der Waals surface area (Å²) in [7, 11) is 0. The second-order valence-electron chi connectivity index (χ2n) is 5.00. The molecule has 1 aromatic rings. The number of para-hydroxylation sites is 1. The van der Waals surface area contributed by atoms with Gasteiger partial charge in [0.05, 0.1) is 6.61 Å². The highest BCUT2D eigenvalue weighted by atomic mass is 16.5. The largest absolute Gasteiger partial charge is 0.380 e. The Morgan fingerprint density at radius 2 is 2.17 bits per heavy atom. The highest BCUT2D eigenvalue weighted by Gasteiger charge is 2.20. The van der Waals surface area contributed by atoms with Crippen molar-refractivity contribution in [2.45, 2.75) is 32.2 Å². The van der Waals surface area contributed by atoms with Gasteiger partial charge in [0, 0.05) is 31.4 Å². The van der Waals surface area contributed by atoms with Gasteiger partial charge in [-0.15, -0.1) is 0 Å². The van der Waals surface area contributed by atoms with E-state index in [1.54, 1.807) is 0 Å². The Morgan fingerprint density at radius 1 is 1.33 bits per heavy atom. The van der Waals surface area contributed by atoms with Gasteiger partial charge in [0.15, 0.2) is 0 Å². The summed E-state index contributed by atoms with van der Waals surface area (Å²) >= 11 is 0. The lowest BCUT2D eigenvalue weighted by atomic mass is 9.98. The number of anilines is 1. The number of hydrogen-bond acceptors (Lipinski definition) is 3. The van der Waals surface area contributed by atoms with Crippen molar-refractivity contribution >= 4 is 5.69 Å². The van der Waals surface area contributed by atoms with Gasteiger partial charge < -0.3 is 15.4 Å². The molecule has 0 spiro atoms. The zero-order chi connectivity index (χ0) is 12.8. The molecule has 0 fully saturated rings. The van der Waals surface area contributed by atoms with Crippen molar-refractivity contribution in [3.05, 3.63) is 29.8 Å². The third kappa shape index (κ3) is 3.47. The van der Waals surface area contributed by atoms with E-state index < -0.39 is 0 Å². The molecule has 0 aromatic heterocycles. The molecule has 1 unspecified atom stereocenters. The third-order valence-electron chi connectivity index (χ3n) is 3.42. The molecule has 0 radical (unpaired) electrons. The summed E-state index contributed by atoms with van der Waals surface area (Å²) < 4.78 is 5.64. The number of ether oxygens (including phenoxy) is 1. The molecule has 2 rings (SSSR count). The lowest BCUT2D eigenvalue weighted by Gasteiger charge is -2.34. The second kappa shape index (κ2) is 6.76. The van der Waals surface area contributed by atoms with E-state index in [2.05, 4.69) is 36.1 Å². The molecule has 0 saturated carbocycles. The first-order valence-electron chi connectivity index (χ1n) is 6.97. The van der Waals surface area contributed by atoms with Crippen LogP contribution in [0.15, 0.2) is 24.3 Å². The van der Waals surface area contributed by atoms with E-state index in [1.807, 2.05) is 0 Å². The highest BCUT2D eigenvalue weighted by Crippen LogP contribution is 2.25. The molecule has 0 amide bonds. The maximum absolute atomic E-state index is 6.11. The lowest BCUT2D eigenvalue weighted by Crippen LogP contribution is -2.44. The monoisotopic (exact) mass is 248 g/mol. The molecule has 3 heteroatoms. The van der Waals surface area contributed by atoms with Crippen LogP contribution in [0, 0.1) is 0 Å². The van der Waals surface area contributed by atoms with E-state index in [1.165, 1.54) is 17.7 Å². The fourth-order valence-corrected chi connectivity index (χ4v) is 2.46. The minimum atomic E-state index is 0.246. The summed E-state index contributed by atoms with van der Waals surface area (Å²) in [5.74, 6) is 0. The summed E-state index contributed by atoms with van der Waals surface area (Å²) in [5.41, 5.74) is 8.81.